The molecule has 5 heteroatoms. The summed E-state index contributed by atoms with van der Waals surface area (Å²) in [7, 11) is 4.64. The molecule has 1 aromatic carbocycles. The van der Waals surface area contributed by atoms with Gasteiger partial charge in [0.1, 0.15) is 11.5 Å². The summed E-state index contributed by atoms with van der Waals surface area (Å²) < 4.78 is 20.8. The Morgan fingerprint density at radius 1 is 1.24 bits per heavy atom. The second kappa shape index (κ2) is 7.31. The summed E-state index contributed by atoms with van der Waals surface area (Å²) in [5.74, 6) is 1.31. The minimum Gasteiger partial charge on any atom is -0.497 e. The van der Waals surface area contributed by atoms with Crippen molar-refractivity contribution in [2.75, 3.05) is 28.1 Å². The van der Waals surface area contributed by atoms with Gasteiger partial charge >= 0.3 is 5.97 Å². The molecular formula is C16H22O5. The van der Waals surface area contributed by atoms with Crippen molar-refractivity contribution >= 4 is 5.97 Å². The molecule has 1 aromatic rings. The van der Waals surface area contributed by atoms with Crippen LogP contribution in [0, 0.1) is 5.92 Å². The maximum Gasteiger partial charge on any atom is 0.309 e. The molecule has 0 N–H and O–H groups in total. The van der Waals surface area contributed by atoms with Gasteiger partial charge in [-0.2, -0.15) is 0 Å². The van der Waals surface area contributed by atoms with Crippen LogP contribution in [0.4, 0.5) is 0 Å². The molecule has 0 aliphatic heterocycles. The van der Waals surface area contributed by atoms with Crippen molar-refractivity contribution in [3.8, 4) is 11.5 Å². The van der Waals surface area contributed by atoms with Gasteiger partial charge in [0.2, 0.25) is 0 Å². The van der Waals surface area contributed by atoms with E-state index in [1.165, 1.54) is 7.11 Å². The Labute approximate surface area is 125 Å². The van der Waals surface area contributed by atoms with Crippen molar-refractivity contribution in [2.24, 2.45) is 5.92 Å². The highest BCUT2D eigenvalue weighted by molar-refractivity contribution is 5.74. The molecule has 1 fully saturated rings. The van der Waals surface area contributed by atoms with Gasteiger partial charge in [0.05, 0.1) is 20.1 Å². The van der Waals surface area contributed by atoms with E-state index in [2.05, 4.69) is 0 Å². The van der Waals surface area contributed by atoms with Gasteiger partial charge in [-0.3, -0.25) is 4.79 Å². The molecule has 0 radical (unpaired) electrons. The zero-order chi connectivity index (χ0) is 15.2. The van der Waals surface area contributed by atoms with Crippen LogP contribution in [-0.4, -0.2) is 34.1 Å². The number of methoxy groups -OCH3 is 3. The summed E-state index contributed by atoms with van der Waals surface area (Å²) >= 11 is 0. The SMILES string of the molecule is COCOc1ccc(OC)cc1C1CCCC1C(=O)OC. The van der Waals surface area contributed by atoms with E-state index in [4.69, 9.17) is 18.9 Å². The van der Waals surface area contributed by atoms with E-state index in [1.807, 2.05) is 18.2 Å². The van der Waals surface area contributed by atoms with Crippen LogP contribution in [0.15, 0.2) is 18.2 Å². The lowest BCUT2D eigenvalue weighted by Crippen LogP contribution is -2.19. The largest absolute Gasteiger partial charge is 0.497 e. The number of carbonyl (C=O) groups is 1. The third-order valence-electron chi connectivity index (χ3n) is 3.97. The molecule has 2 rings (SSSR count). The minimum atomic E-state index is -0.155. The summed E-state index contributed by atoms with van der Waals surface area (Å²) in [4.78, 5) is 12.0. The average molecular weight is 294 g/mol. The van der Waals surface area contributed by atoms with Crippen molar-refractivity contribution in [3.63, 3.8) is 0 Å². The van der Waals surface area contributed by atoms with Crippen LogP contribution in [0.25, 0.3) is 0 Å². The van der Waals surface area contributed by atoms with Crippen LogP contribution < -0.4 is 9.47 Å². The van der Waals surface area contributed by atoms with E-state index in [0.717, 1.165) is 36.3 Å². The number of esters is 1. The van der Waals surface area contributed by atoms with Crippen molar-refractivity contribution in [1.82, 2.24) is 0 Å². The molecule has 21 heavy (non-hydrogen) atoms. The second-order valence-electron chi connectivity index (χ2n) is 5.12. The average Bonchev–Trinajstić information content (AvgIpc) is 3.01. The number of hydrogen-bond donors (Lipinski definition) is 0. The van der Waals surface area contributed by atoms with E-state index >= 15 is 0 Å². The van der Waals surface area contributed by atoms with E-state index < -0.39 is 0 Å². The number of hydrogen-bond acceptors (Lipinski definition) is 5. The number of rotatable bonds is 6. The molecule has 116 valence electrons. The van der Waals surface area contributed by atoms with Crippen LogP contribution in [0.5, 0.6) is 11.5 Å². The molecule has 0 spiro atoms. The normalized spacial score (nSPS) is 21.1. The third-order valence-corrected chi connectivity index (χ3v) is 3.97. The Balaban J connectivity index is 2.32. The monoisotopic (exact) mass is 294 g/mol. The standard InChI is InChI=1S/C16H22O5/c1-18-10-21-15-8-7-11(19-2)9-14(15)12-5-4-6-13(12)16(17)20-3/h7-9,12-13H,4-6,10H2,1-3H3. The molecule has 2 unspecified atom stereocenters. The molecule has 5 nitrogen and oxygen atoms in total. The zero-order valence-corrected chi connectivity index (χ0v) is 12.8. The van der Waals surface area contributed by atoms with E-state index in [-0.39, 0.29) is 24.6 Å². The fourth-order valence-electron chi connectivity index (χ4n) is 2.96. The molecule has 1 saturated carbocycles. The lowest BCUT2D eigenvalue weighted by molar-refractivity contribution is -0.145. The maximum atomic E-state index is 12.0. The van der Waals surface area contributed by atoms with Gasteiger partial charge in [0.15, 0.2) is 6.79 Å². The summed E-state index contributed by atoms with van der Waals surface area (Å²) in [6.45, 7) is 0.176. The lowest BCUT2D eigenvalue weighted by atomic mass is 9.88. The molecule has 2 atom stereocenters. The Hall–Kier alpha value is -1.75. The van der Waals surface area contributed by atoms with Gasteiger partial charge in [-0.15, -0.1) is 0 Å². The summed E-state index contributed by atoms with van der Waals surface area (Å²) in [5, 5.41) is 0. The maximum absolute atomic E-state index is 12.0. The first kappa shape index (κ1) is 15.6. The molecule has 0 bridgehead atoms. The van der Waals surface area contributed by atoms with Gasteiger partial charge in [-0.05, 0) is 31.0 Å². The van der Waals surface area contributed by atoms with E-state index in [1.54, 1.807) is 14.2 Å². The molecule has 0 heterocycles. The van der Waals surface area contributed by atoms with Crippen LogP contribution >= 0.6 is 0 Å². The van der Waals surface area contributed by atoms with Gasteiger partial charge in [-0.25, -0.2) is 0 Å². The quantitative estimate of drug-likeness (QED) is 0.596. The summed E-state index contributed by atoms with van der Waals surface area (Å²) in [6.07, 6.45) is 2.79. The molecule has 1 aliphatic rings. The first-order chi connectivity index (χ1) is 10.2. The third kappa shape index (κ3) is 3.47. The van der Waals surface area contributed by atoms with Crippen molar-refractivity contribution in [1.29, 1.82) is 0 Å². The van der Waals surface area contributed by atoms with Crippen molar-refractivity contribution in [3.05, 3.63) is 23.8 Å². The predicted molar refractivity (Wildman–Crippen MR) is 77.6 cm³/mol. The van der Waals surface area contributed by atoms with Crippen LogP contribution in [0.1, 0.15) is 30.7 Å². The highest BCUT2D eigenvalue weighted by atomic mass is 16.7. The Morgan fingerprint density at radius 3 is 2.71 bits per heavy atom. The number of carbonyl (C=O) groups excluding carboxylic acids is 1. The summed E-state index contributed by atoms with van der Waals surface area (Å²) in [5.41, 5.74) is 0.985. The smallest absolute Gasteiger partial charge is 0.309 e. The molecular weight excluding hydrogens is 272 g/mol. The Bertz CT molecular complexity index is 486. The molecule has 0 aromatic heterocycles. The lowest BCUT2D eigenvalue weighted by Gasteiger charge is -2.21. The predicted octanol–water partition coefficient (Wildman–Crippen LogP) is 2.73. The van der Waals surface area contributed by atoms with E-state index in [9.17, 15) is 4.79 Å². The fourth-order valence-corrected chi connectivity index (χ4v) is 2.96. The van der Waals surface area contributed by atoms with Gasteiger partial charge in [-0.1, -0.05) is 6.42 Å². The van der Waals surface area contributed by atoms with Crippen LogP contribution in [-0.2, 0) is 14.3 Å². The first-order valence-corrected chi connectivity index (χ1v) is 7.08. The van der Waals surface area contributed by atoms with Crippen molar-refractivity contribution in [2.45, 2.75) is 25.2 Å². The molecule has 0 saturated heterocycles. The fraction of sp³-hybridized carbons (Fsp3) is 0.562. The molecule has 0 amide bonds. The Morgan fingerprint density at radius 2 is 2.05 bits per heavy atom. The van der Waals surface area contributed by atoms with Crippen LogP contribution in [0.2, 0.25) is 0 Å². The topological polar surface area (TPSA) is 54.0 Å². The van der Waals surface area contributed by atoms with Gasteiger partial charge in [0, 0.05) is 18.6 Å². The van der Waals surface area contributed by atoms with Gasteiger partial charge in [0.25, 0.3) is 0 Å². The highest BCUT2D eigenvalue weighted by Crippen LogP contribution is 2.44. The first-order valence-electron chi connectivity index (χ1n) is 7.08. The van der Waals surface area contributed by atoms with E-state index in [0.29, 0.717) is 0 Å². The summed E-state index contributed by atoms with van der Waals surface area (Å²) in [6, 6.07) is 5.65. The van der Waals surface area contributed by atoms with Crippen LogP contribution in [0.3, 0.4) is 0 Å². The Kier molecular flexibility index (Phi) is 5.44. The number of benzene rings is 1. The minimum absolute atomic E-state index is 0.0967. The highest BCUT2D eigenvalue weighted by Gasteiger charge is 2.36. The zero-order valence-electron chi connectivity index (χ0n) is 12.8. The van der Waals surface area contributed by atoms with Crippen molar-refractivity contribution < 1.29 is 23.7 Å². The molecule has 1 aliphatic carbocycles. The van der Waals surface area contributed by atoms with Gasteiger partial charge < -0.3 is 18.9 Å². The second-order valence-corrected chi connectivity index (χ2v) is 5.12. The number of ether oxygens (including phenoxy) is 4.